The molecule has 4 atom stereocenters. The number of thiazole rings is 1. The van der Waals surface area contributed by atoms with Gasteiger partial charge in [0.25, 0.3) is 11.8 Å². The number of aromatic nitrogens is 1. The largest absolute Gasteiger partial charge is 0.389 e. The summed E-state index contributed by atoms with van der Waals surface area (Å²) in [5, 5.41) is 20.8. The van der Waals surface area contributed by atoms with Crippen molar-refractivity contribution in [3.8, 4) is 0 Å². The van der Waals surface area contributed by atoms with E-state index >= 15 is 0 Å². The van der Waals surface area contributed by atoms with Crippen molar-refractivity contribution in [2.45, 2.75) is 63.3 Å². The highest BCUT2D eigenvalue weighted by Gasteiger charge is 2.34. The van der Waals surface area contributed by atoms with Crippen molar-refractivity contribution in [1.29, 1.82) is 0 Å². The highest BCUT2D eigenvalue weighted by Crippen LogP contribution is 2.35. The molecule has 0 radical (unpaired) electrons. The van der Waals surface area contributed by atoms with E-state index in [1.807, 2.05) is 47.5 Å². The average molecular weight is 553 g/mol. The number of halogens is 1. The Labute approximate surface area is 232 Å². The monoisotopic (exact) mass is 552 g/mol. The smallest absolute Gasteiger partial charge is 0.254 e. The first-order valence-corrected chi connectivity index (χ1v) is 14.4. The van der Waals surface area contributed by atoms with Crippen molar-refractivity contribution < 1.29 is 14.7 Å². The van der Waals surface area contributed by atoms with Crippen LogP contribution in [-0.2, 0) is 6.42 Å². The third kappa shape index (κ3) is 6.10. The molecule has 3 heterocycles. The van der Waals surface area contributed by atoms with E-state index in [4.69, 9.17) is 11.6 Å². The Bertz CT molecular complexity index is 1280. The van der Waals surface area contributed by atoms with Crippen molar-refractivity contribution in [3.63, 3.8) is 0 Å². The molecule has 2 aliphatic rings. The lowest BCUT2D eigenvalue weighted by molar-refractivity contribution is 0.0733. The number of nitrogens with one attached hydrogen (secondary N) is 2. The quantitative estimate of drug-likeness (QED) is 0.381. The van der Waals surface area contributed by atoms with Gasteiger partial charge in [-0.05, 0) is 69.3 Å². The summed E-state index contributed by atoms with van der Waals surface area (Å²) in [6.07, 6.45) is 3.34. The Hall–Kier alpha value is -2.78. The molecule has 7 nitrogen and oxygen atoms in total. The molecule has 3 N–H and O–H groups in total. The second-order valence-corrected chi connectivity index (χ2v) is 11.5. The normalized spacial score (nSPS) is 20.9. The Balaban J connectivity index is 1.36. The summed E-state index contributed by atoms with van der Waals surface area (Å²) in [6.45, 7) is 3.44. The number of aryl methyl sites for hydroxylation is 1. The second-order valence-electron chi connectivity index (χ2n) is 10.2. The molecule has 5 rings (SSSR count). The van der Waals surface area contributed by atoms with Crippen LogP contribution in [0.2, 0.25) is 5.02 Å². The van der Waals surface area contributed by atoms with Crippen LogP contribution in [0.4, 0.5) is 0 Å². The zero-order valence-electron chi connectivity index (χ0n) is 21.4. The zero-order valence-corrected chi connectivity index (χ0v) is 23.0. The fourth-order valence-electron chi connectivity index (χ4n) is 5.46. The first-order chi connectivity index (χ1) is 18.4. The number of carbonyl (C=O) groups is 2. The number of likely N-dealkylation sites (tertiary alicyclic amines) is 1. The van der Waals surface area contributed by atoms with E-state index in [1.54, 1.807) is 29.5 Å². The highest BCUT2D eigenvalue weighted by molar-refractivity contribution is 7.09. The molecule has 0 spiro atoms. The van der Waals surface area contributed by atoms with Gasteiger partial charge in [0.1, 0.15) is 5.01 Å². The lowest BCUT2D eigenvalue weighted by Crippen LogP contribution is -2.52. The second kappa shape index (κ2) is 11.9. The maximum absolute atomic E-state index is 13.6. The molecule has 2 aromatic carbocycles. The number of aliphatic hydroxyl groups is 1. The van der Waals surface area contributed by atoms with Gasteiger partial charge in [-0.1, -0.05) is 41.9 Å². The minimum Gasteiger partial charge on any atom is -0.389 e. The SMILES string of the molecule is Cc1csc([C@H]2CCCN2C(=O)c2cc(Cl)cc(C(=O)N[C@H](Cc3ccccc3)[C@H](O)[C@@H]3CCCN3)c2)n1. The molecule has 9 heteroatoms. The van der Waals surface area contributed by atoms with Crippen LogP contribution in [0.3, 0.4) is 0 Å². The highest BCUT2D eigenvalue weighted by atomic mass is 35.5. The van der Waals surface area contributed by atoms with E-state index in [1.165, 1.54) is 0 Å². The molecule has 0 saturated carbocycles. The van der Waals surface area contributed by atoms with E-state index in [0.29, 0.717) is 29.1 Å². The Kier molecular flexibility index (Phi) is 8.43. The van der Waals surface area contributed by atoms with E-state index in [0.717, 1.165) is 48.5 Å². The molecule has 38 heavy (non-hydrogen) atoms. The number of hydrogen-bond acceptors (Lipinski definition) is 6. The summed E-state index contributed by atoms with van der Waals surface area (Å²) >= 11 is 7.98. The molecule has 2 amide bonds. The van der Waals surface area contributed by atoms with Gasteiger partial charge in [0.2, 0.25) is 0 Å². The molecule has 2 aliphatic heterocycles. The lowest BCUT2D eigenvalue weighted by Gasteiger charge is -2.29. The predicted molar refractivity (Wildman–Crippen MR) is 150 cm³/mol. The number of aliphatic hydroxyl groups excluding tert-OH is 1. The van der Waals surface area contributed by atoms with Crippen molar-refractivity contribution in [3.05, 3.63) is 86.3 Å². The fraction of sp³-hybridized carbons (Fsp3) is 0.414. The molecule has 0 unspecified atom stereocenters. The summed E-state index contributed by atoms with van der Waals surface area (Å²) in [5.74, 6) is -0.527. The first-order valence-electron chi connectivity index (χ1n) is 13.2. The first kappa shape index (κ1) is 26.8. The maximum atomic E-state index is 13.6. The van der Waals surface area contributed by atoms with Crippen LogP contribution < -0.4 is 10.6 Å². The third-order valence-electron chi connectivity index (χ3n) is 7.38. The molecule has 0 bridgehead atoms. The molecular weight excluding hydrogens is 520 g/mol. The van der Waals surface area contributed by atoms with Gasteiger partial charge in [-0.15, -0.1) is 11.3 Å². The van der Waals surface area contributed by atoms with E-state index in [-0.39, 0.29) is 23.9 Å². The number of benzene rings is 2. The van der Waals surface area contributed by atoms with Crippen LogP contribution >= 0.6 is 22.9 Å². The summed E-state index contributed by atoms with van der Waals surface area (Å²) in [4.78, 5) is 33.5. The fourth-order valence-corrected chi connectivity index (χ4v) is 6.64. The minimum absolute atomic E-state index is 0.0678. The Morgan fingerprint density at radius 3 is 2.68 bits per heavy atom. The molecule has 200 valence electrons. The van der Waals surface area contributed by atoms with Gasteiger partial charge in [0.05, 0.1) is 18.2 Å². The van der Waals surface area contributed by atoms with Crippen LogP contribution in [0.15, 0.2) is 53.9 Å². The summed E-state index contributed by atoms with van der Waals surface area (Å²) < 4.78 is 0. The van der Waals surface area contributed by atoms with Crippen molar-refractivity contribution in [1.82, 2.24) is 20.5 Å². The van der Waals surface area contributed by atoms with Crippen LogP contribution in [0.1, 0.15) is 68.7 Å². The Morgan fingerprint density at radius 1 is 1.18 bits per heavy atom. The topological polar surface area (TPSA) is 94.6 Å². The summed E-state index contributed by atoms with van der Waals surface area (Å²) in [5.41, 5.74) is 2.65. The van der Waals surface area contributed by atoms with Gasteiger partial charge < -0.3 is 20.6 Å². The number of carbonyl (C=O) groups excluding carboxylic acids is 2. The van der Waals surface area contributed by atoms with E-state index in [2.05, 4.69) is 15.6 Å². The van der Waals surface area contributed by atoms with Crippen LogP contribution in [0, 0.1) is 6.92 Å². The van der Waals surface area contributed by atoms with Crippen molar-refractivity contribution >= 4 is 34.8 Å². The number of nitrogens with zero attached hydrogens (tertiary/aromatic N) is 2. The maximum Gasteiger partial charge on any atom is 0.254 e. The summed E-state index contributed by atoms with van der Waals surface area (Å²) in [6, 6.07) is 13.9. The minimum atomic E-state index is -0.756. The molecule has 1 aromatic heterocycles. The molecule has 2 fully saturated rings. The van der Waals surface area contributed by atoms with Gasteiger partial charge in [-0.25, -0.2) is 4.98 Å². The zero-order chi connectivity index (χ0) is 26.6. The van der Waals surface area contributed by atoms with Gasteiger partial charge >= 0.3 is 0 Å². The van der Waals surface area contributed by atoms with Crippen LogP contribution in [0.25, 0.3) is 0 Å². The van der Waals surface area contributed by atoms with Gasteiger partial charge in [0.15, 0.2) is 0 Å². The van der Waals surface area contributed by atoms with Crippen molar-refractivity contribution in [2.75, 3.05) is 13.1 Å². The standard InChI is InChI=1S/C29H33ClN4O3S/c1-18-17-38-28(32-18)25-10-6-12-34(25)29(37)21-14-20(15-22(30)16-21)27(36)33-24(13-19-7-3-2-4-8-19)26(35)23-9-5-11-31-23/h2-4,7-8,14-17,23-26,31,35H,5-6,9-13H2,1H3,(H,33,36)/t23-,24+,25+,26+/m0/s1. The third-order valence-corrected chi connectivity index (χ3v) is 8.66. The average Bonchev–Trinajstić information content (AvgIpc) is 3.69. The number of rotatable bonds is 8. The van der Waals surface area contributed by atoms with Crippen molar-refractivity contribution in [2.24, 2.45) is 0 Å². The van der Waals surface area contributed by atoms with Gasteiger partial charge in [0, 0.05) is 39.8 Å². The summed E-state index contributed by atoms with van der Waals surface area (Å²) in [7, 11) is 0. The molecule has 0 aliphatic carbocycles. The molecule has 2 saturated heterocycles. The van der Waals surface area contributed by atoms with Crippen LogP contribution in [-0.4, -0.2) is 58.1 Å². The lowest BCUT2D eigenvalue weighted by atomic mass is 9.95. The van der Waals surface area contributed by atoms with Gasteiger partial charge in [-0.3, -0.25) is 9.59 Å². The molecule has 3 aromatic rings. The number of amides is 2. The number of hydrogen-bond donors (Lipinski definition) is 3. The molecular formula is C29H33ClN4O3S. The van der Waals surface area contributed by atoms with E-state index in [9.17, 15) is 14.7 Å². The predicted octanol–water partition coefficient (Wildman–Crippen LogP) is 4.54. The Morgan fingerprint density at radius 2 is 1.97 bits per heavy atom. The van der Waals surface area contributed by atoms with Crippen LogP contribution in [0.5, 0.6) is 0 Å². The van der Waals surface area contributed by atoms with E-state index < -0.39 is 12.1 Å². The van der Waals surface area contributed by atoms with Gasteiger partial charge in [-0.2, -0.15) is 0 Å².